The third-order valence-corrected chi connectivity index (χ3v) is 5.43. The molecule has 4 nitrogen and oxygen atoms in total. The highest BCUT2D eigenvalue weighted by atomic mass is 35.5. The van der Waals surface area contributed by atoms with E-state index in [1.165, 1.54) is 17.4 Å². The molecule has 0 fully saturated rings. The number of nitrogens with zero attached hydrogens (tertiary/aromatic N) is 2. The molecule has 0 aliphatic heterocycles. The van der Waals surface area contributed by atoms with E-state index in [1.54, 1.807) is 23.9 Å². The van der Waals surface area contributed by atoms with E-state index in [0.717, 1.165) is 10.8 Å². The lowest BCUT2D eigenvalue weighted by Crippen LogP contribution is -2.12. The van der Waals surface area contributed by atoms with E-state index in [-0.39, 0.29) is 5.91 Å². The summed E-state index contributed by atoms with van der Waals surface area (Å²) >= 11 is 14.8. The van der Waals surface area contributed by atoms with Crippen molar-refractivity contribution in [1.82, 2.24) is 10.2 Å². The van der Waals surface area contributed by atoms with Gasteiger partial charge < -0.3 is 0 Å². The van der Waals surface area contributed by atoms with Gasteiger partial charge in [-0.1, -0.05) is 60.1 Å². The van der Waals surface area contributed by atoms with Crippen LogP contribution in [0.15, 0.2) is 22.5 Å². The smallest absolute Gasteiger partial charge is 0.259 e. The Hall–Kier alpha value is -0.820. The topological polar surface area (TPSA) is 54.9 Å². The Balaban J connectivity index is 2.08. The Morgan fingerprint density at radius 2 is 2.19 bits per heavy atom. The highest BCUT2D eigenvalue weighted by Crippen LogP contribution is 2.30. The van der Waals surface area contributed by atoms with Crippen LogP contribution in [-0.2, 0) is 0 Å². The Labute approximate surface area is 141 Å². The SMILES string of the molecule is CCC(C)Sc1nnc(NC(=O)c2cc(Cl)ccc2Cl)s1. The number of rotatable bonds is 5. The van der Waals surface area contributed by atoms with Crippen molar-refractivity contribution in [3.63, 3.8) is 0 Å². The van der Waals surface area contributed by atoms with E-state index >= 15 is 0 Å². The lowest BCUT2D eigenvalue weighted by atomic mass is 10.2. The Morgan fingerprint density at radius 1 is 1.43 bits per heavy atom. The molecule has 0 spiro atoms. The summed E-state index contributed by atoms with van der Waals surface area (Å²) in [6, 6.07) is 4.74. The first-order valence-electron chi connectivity index (χ1n) is 6.26. The fourth-order valence-corrected chi connectivity index (χ4v) is 3.77. The molecule has 0 aliphatic rings. The highest BCUT2D eigenvalue weighted by molar-refractivity contribution is 8.01. The van der Waals surface area contributed by atoms with Crippen LogP contribution in [0.5, 0.6) is 0 Å². The minimum absolute atomic E-state index is 0.315. The molecule has 1 heterocycles. The summed E-state index contributed by atoms with van der Waals surface area (Å²) in [6.07, 6.45) is 1.05. The molecule has 1 aromatic carbocycles. The highest BCUT2D eigenvalue weighted by Gasteiger charge is 2.14. The van der Waals surface area contributed by atoms with Crippen LogP contribution in [-0.4, -0.2) is 21.4 Å². The molecule has 1 unspecified atom stereocenters. The maximum absolute atomic E-state index is 12.2. The number of thioether (sulfide) groups is 1. The van der Waals surface area contributed by atoms with Crippen LogP contribution in [0.1, 0.15) is 30.6 Å². The number of carbonyl (C=O) groups is 1. The van der Waals surface area contributed by atoms with Crippen molar-refractivity contribution in [3.05, 3.63) is 33.8 Å². The Morgan fingerprint density at radius 3 is 2.90 bits per heavy atom. The van der Waals surface area contributed by atoms with Crippen molar-refractivity contribution in [2.45, 2.75) is 29.9 Å². The van der Waals surface area contributed by atoms with Crippen LogP contribution in [0.25, 0.3) is 0 Å². The summed E-state index contributed by atoms with van der Waals surface area (Å²) in [7, 11) is 0. The fourth-order valence-electron chi connectivity index (χ4n) is 1.40. The van der Waals surface area contributed by atoms with E-state index in [2.05, 4.69) is 29.4 Å². The standard InChI is InChI=1S/C13H13Cl2N3OS2/c1-3-7(2)20-13-18-17-12(21-13)16-11(19)9-6-8(14)4-5-10(9)15/h4-7H,3H2,1-2H3,(H,16,17,19). The summed E-state index contributed by atoms with van der Waals surface area (Å²) in [5.41, 5.74) is 0.315. The summed E-state index contributed by atoms with van der Waals surface area (Å²) < 4.78 is 0.830. The number of benzene rings is 1. The monoisotopic (exact) mass is 361 g/mol. The molecule has 0 saturated heterocycles. The predicted octanol–water partition coefficient (Wildman–Crippen LogP) is 4.99. The van der Waals surface area contributed by atoms with Crippen molar-refractivity contribution in [2.75, 3.05) is 5.32 Å². The quantitative estimate of drug-likeness (QED) is 0.602. The number of nitrogens with one attached hydrogen (secondary N) is 1. The molecule has 112 valence electrons. The minimum atomic E-state index is -0.348. The summed E-state index contributed by atoms with van der Waals surface area (Å²) in [4.78, 5) is 12.2. The van der Waals surface area contributed by atoms with Crippen LogP contribution >= 0.6 is 46.3 Å². The number of aromatic nitrogens is 2. The molecular formula is C13H13Cl2N3OS2. The van der Waals surface area contributed by atoms with Crippen LogP contribution in [0.2, 0.25) is 10.0 Å². The van der Waals surface area contributed by atoms with E-state index in [1.807, 2.05) is 0 Å². The zero-order valence-electron chi connectivity index (χ0n) is 11.4. The van der Waals surface area contributed by atoms with Gasteiger partial charge >= 0.3 is 0 Å². The zero-order chi connectivity index (χ0) is 15.4. The van der Waals surface area contributed by atoms with Crippen LogP contribution in [0, 0.1) is 0 Å². The van der Waals surface area contributed by atoms with Gasteiger partial charge in [-0.25, -0.2) is 0 Å². The second kappa shape index (κ2) is 7.45. The fraction of sp³-hybridized carbons (Fsp3) is 0.308. The summed E-state index contributed by atoms with van der Waals surface area (Å²) in [5.74, 6) is -0.348. The molecule has 1 amide bonds. The van der Waals surface area contributed by atoms with Gasteiger partial charge in [-0.15, -0.1) is 10.2 Å². The van der Waals surface area contributed by atoms with E-state index in [0.29, 0.717) is 26.0 Å². The van der Waals surface area contributed by atoms with E-state index in [4.69, 9.17) is 23.2 Å². The summed E-state index contributed by atoms with van der Waals surface area (Å²) in [6.45, 7) is 4.23. The molecule has 0 radical (unpaired) electrons. The van der Waals surface area contributed by atoms with Crippen molar-refractivity contribution >= 4 is 57.3 Å². The normalized spacial score (nSPS) is 12.2. The van der Waals surface area contributed by atoms with Crippen LogP contribution < -0.4 is 5.32 Å². The predicted molar refractivity (Wildman–Crippen MR) is 89.9 cm³/mol. The number of carbonyl (C=O) groups excluding carboxylic acids is 1. The first-order valence-corrected chi connectivity index (χ1v) is 8.71. The third kappa shape index (κ3) is 4.57. The van der Waals surface area contributed by atoms with E-state index < -0.39 is 0 Å². The molecule has 1 N–H and O–H groups in total. The van der Waals surface area contributed by atoms with Gasteiger partial charge in [-0.3, -0.25) is 10.1 Å². The first kappa shape index (κ1) is 16.5. The van der Waals surface area contributed by atoms with E-state index in [9.17, 15) is 4.79 Å². The second-order valence-corrected chi connectivity index (χ2v) is 7.79. The van der Waals surface area contributed by atoms with Crippen molar-refractivity contribution in [2.24, 2.45) is 0 Å². The van der Waals surface area contributed by atoms with Crippen molar-refractivity contribution in [3.8, 4) is 0 Å². The molecule has 1 atom stereocenters. The molecule has 8 heteroatoms. The molecule has 1 aromatic heterocycles. The van der Waals surface area contributed by atoms with Gasteiger partial charge in [0.25, 0.3) is 5.91 Å². The lowest BCUT2D eigenvalue weighted by Gasteiger charge is -2.04. The lowest BCUT2D eigenvalue weighted by molar-refractivity contribution is 0.102. The second-order valence-electron chi connectivity index (χ2n) is 4.29. The molecule has 0 saturated carbocycles. The van der Waals surface area contributed by atoms with Gasteiger partial charge in [0, 0.05) is 10.3 Å². The minimum Gasteiger partial charge on any atom is -0.296 e. The maximum Gasteiger partial charge on any atom is 0.259 e. The first-order chi connectivity index (χ1) is 9.99. The van der Waals surface area contributed by atoms with Gasteiger partial charge in [0.05, 0.1) is 10.6 Å². The molecule has 0 bridgehead atoms. The zero-order valence-corrected chi connectivity index (χ0v) is 14.5. The largest absolute Gasteiger partial charge is 0.296 e. The number of hydrogen-bond donors (Lipinski definition) is 1. The molecule has 2 aromatic rings. The average Bonchev–Trinajstić information content (AvgIpc) is 2.88. The third-order valence-electron chi connectivity index (χ3n) is 2.68. The molecule has 21 heavy (non-hydrogen) atoms. The van der Waals surface area contributed by atoms with Gasteiger partial charge in [0.1, 0.15) is 0 Å². The van der Waals surface area contributed by atoms with Crippen molar-refractivity contribution in [1.29, 1.82) is 0 Å². The number of hydrogen-bond acceptors (Lipinski definition) is 5. The van der Waals surface area contributed by atoms with Gasteiger partial charge in [0.2, 0.25) is 5.13 Å². The van der Waals surface area contributed by atoms with Crippen molar-refractivity contribution < 1.29 is 4.79 Å². The Bertz CT molecular complexity index is 648. The van der Waals surface area contributed by atoms with Crippen LogP contribution in [0.3, 0.4) is 0 Å². The van der Waals surface area contributed by atoms with Gasteiger partial charge in [-0.2, -0.15) is 0 Å². The number of amides is 1. The number of halogens is 2. The summed E-state index contributed by atoms with van der Waals surface area (Å²) in [5, 5.41) is 12.4. The Kier molecular flexibility index (Phi) is 5.87. The molecular weight excluding hydrogens is 349 g/mol. The van der Waals surface area contributed by atoms with Gasteiger partial charge in [0.15, 0.2) is 4.34 Å². The average molecular weight is 362 g/mol. The molecule has 0 aliphatic carbocycles. The van der Waals surface area contributed by atoms with Gasteiger partial charge in [-0.05, 0) is 24.6 Å². The molecule has 2 rings (SSSR count). The van der Waals surface area contributed by atoms with Crippen LogP contribution in [0.4, 0.5) is 5.13 Å². The maximum atomic E-state index is 12.2. The number of anilines is 1.